The second-order valence-electron chi connectivity index (χ2n) is 3.21. The predicted molar refractivity (Wildman–Crippen MR) is 55.6 cm³/mol. The monoisotopic (exact) mass is 183 g/mol. The Morgan fingerprint density at radius 2 is 2.25 bits per heavy atom. The molecule has 1 heterocycles. The Morgan fingerprint density at radius 1 is 1.50 bits per heavy atom. The molecule has 0 radical (unpaired) electrons. The summed E-state index contributed by atoms with van der Waals surface area (Å²) in [4.78, 5) is 1.43. The highest BCUT2D eigenvalue weighted by Gasteiger charge is 2.07. The van der Waals surface area contributed by atoms with Gasteiger partial charge in [0, 0.05) is 17.0 Å². The summed E-state index contributed by atoms with van der Waals surface area (Å²) in [6, 6.07) is 5.40. The maximum absolute atomic E-state index is 3.54. The van der Waals surface area contributed by atoms with Crippen molar-refractivity contribution in [2.75, 3.05) is 0 Å². The summed E-state index contributed by atoms with van der Waals surface area (Å²) in [5.74, 6) is 0. The lowest BCUT2D eigenvalue weighted by molar-refractivity contribution is 0.474. The minimum absolute atomic E-state index is 0.500. The standard InChI is InChI=1S/C10H17NS/c1-4-8(2)11-9(3)10-6-5-7-12-10/h5-9,11H,4H2,1-3H3/t8-,9-/m1/s1. The van der Waals surface area contributed by atoms with Crippen molar-refractivity contribution in [1.82, 2.24) is 5.32 Å². The van der Waals surface area contributed by atoms with Crippen LogP contribution in [0.5, 0.6) is 0 Å². The third-order valence-electron chi connectivity index (χ3n) is 2.12. The van der Waals surface area contributed by atoms with E-state index in [1.807, 2.05) is 11.3 Å². The fourth-order valence-corrected chi connectivity index (χ4v) is 1.91. The van der Waals surface area contributed by atoms with E-state index in [1.165, 1.54) is 11.3 Å². The van der Waals surface area contributed by atoms with Crippen LogP contribution in [0.1, 0.15) is 38.1 Å². The Kier molecular flexibility index (Phi) is 3.76. The van der Waals surface area contributed by atoms with Crippen molar-refractivity contribution in [1.29, 1.82) is 0 Å². The molecule has 1 aromatic heterocycles. The molecule has 1 N–H and O–H groups in total. The lowest BCUT2D eigenvalue weighted by Gasteiger charge is -2.17. The van der Waals surface area contributed by atoms with Gasteiger partial charge in [-0.25, -0.2) is 0 Å². The van der Waals surface area contributed by atoms with Crippen molar-refractivity contribution in [3.63, 3.8) is 0 Å². The van der Waals surface area contributed by atoms with Gasteiger partial charge in [0.25, 0.3) is 0 Å². The van der Waals surface area contributed by atoms with Gasteiger partial charge >= 0.3 is 0 Å². The maximum Gasteiger partial charge on any atom is 0.0388 e. The molecule has 0 amide bonds. The third-order valence-corrected chi connectivity index (χ3v) is 3.17. The van der Waals surface area contributed by atoms with Gasteiger partial charge in [0.2, 0.25) is 0 Å². The van der Waals surface area contributed by atoms with E-state index >= 15 is 0 Å². The molecular weight excluding hydrogens is 166 g/mol. The van der Waals surface area contributed by atoms with Gasteiger partial charge in [0.15, 0.2) is 0 Å². The van der Waals surface area contributed by atoms with Gasteiger partial charge in [-0.2, -0.15) is 0 Å². The molecule has 0 spiro atoms. The first-order chi connectivity index (χ1) is 5.74. The molecule has 0 aliphatic heterocycles. The molecule has 0 bridgehead atoms. The van der Waals surface area contributed by atoms with Crippen molar-refractivity contribution in [2.24, 2.45) is 0 Å². The lowest BCUT2D eigenvalue weighted by atomic mass is 10.2. The summed E-state index contributed by atoms with van der Waals surface area (Å²) < 4.78 is 0. The van der Waals surface area contributed by atoms with E-state index in [2.05, 4.69) is 43.6 Å². The van der Waals surface area contributed by atoms with Crippen LogP contribution in [-0.4, -0.2) is 6.04 Å². The first-order valence-electron chi connectivity index (χ1n) is 4.53. The van der Waals surface area contributed by atoms with Crippen LogP contribution in [0.25, 0.3) is 0 Å². The second-order valence-corrected chi connectivity index (χ2v) is 4.19. The molecule has 12 heavy (non-hydrogen) atoms. The van der Waals surface area contributed by atoms with E-state index < -0.39 is 0 Å². The Morgan fingerprint density at radius 3 is 2.75 bits per heavy atom. The normalized spacial score (nSPS) is 15.9. The van der Waals surface area contributed by atoms with E-state index in [0.29, 0.717) is 12.1 Å². The average molecular weight is 183 g/mol. The van der Waals surface area contributed by atoms with Gasteiger partial charge in [-0.05, 0) is 31.7 Å². The summed E-state index contributed by atoms with van der Waals surface area (Å²) in [5, 5.41) is 5.67. The van der Waals surface area contributed by atoms with Gasteiger partial charge in [0.05, 0.1) is 0 Å². The van der Waals surface area contributed by atoms with Crippen LogP contribution in [0.2, 0.25) is 0 Å². The topological polar surface area (TPSA) is 12.0 Å². The summed E-state index contributed by atoms with van der Waals surface area (Å²) in [6.07, 6.45) is 1.19. The molecule has 0 aliphatic rings. The zero-order valence-electron chi connectivity index (χ0n) is 8.00. The SMILES string of the molecule is CC[C@@H](C)N[C@H](C)c1cccs1. The zero-order valence-corrected chi connectivity index (χ0v) is 8.82. The highest BCUT2D eigenvalue weighted by molar-refractivity contribution is 7.10. The van der Waals surface area contributed by atoms with Crippen molar-refractivity contribution in [3.8, 4) is 0 Å². The predicted octanol–water partition coefficient (Wildman–Crippen LogP) is 3.20. The Bertz CT molecular complexity index is 206. The molecule has 0 saturated heterocycles. The average Bonchev–Trinajstić information content (AvgIpc) is 2.56. The first kappa shape index (κ1) is 9.75. The molecule has 1 rings (SSSR count). The highest BCUT2D eigenvalue weighted by Crippen LogP contribution is 2.18. The van der Waals surface area contributed by atoms with Crippen molar-refractivity contribution < 1.29 is 0 Å². The number of thiophene rings is 1. The lowest BCUT2D eigenvalue weighted by Crippen LogP contribution is -2.27. The molecule has 0 saturated carbocycles. The van der Waals surface area contributed by atoms with Crippen molar-refractivity contribution in [3.05, 3.63) is 22.4 Å². The molecular formula is C10H17NS. The largest absolute Gasteiger partial charge is 0.307 e. The van der Waals surface area contributed by atoms with Crippen LogP contribution < -0.4 is 5.32 Å². The fraction of sp³-hybridized carbons (Fsp3) is 0.600. The van der Waals surface area contributed by atoms with E-state index in [0.717, 1.165) is 0 Å². The first-order valence-corrected chi connectivity index (χ1v) is 5.41. The summed E-state index contributed by atoms with van der Waals surface area (Å²) in [7, 11) is 0. The quantitative estimate of drug-likeness (QED) is 0.756. The van der Waals surface area contributed by atoms with Crippen LogP contribution in [0.3, 0.4) is 0 Å². The van der Waals surface area contributed by atoms with E-state index in [-0.39, 0.29) is 0 Å². The van der Waals surface area contributed by atoms with Crippen LogP contribution >= 0.6 is 11.3 Å². The minimum Gasteiger partial charge on any atom is -0.307 e. The molecule has 0 unspecified atom stereocenters. The molecule has 2 heteroatoms. The van der Waals surface area contributed by atoms with E-state index in [4.69, 9.17) is 0 Å². The van der Waals surface area contributed by atoms with Crippen LogP contribution in [0, 0.1) is 0 Å². The number of nitrogens with one attached hydrogen (secondary N) is 1. The highest BCUT2D eigenvalue weighted by atomic mass is 32.1. The van der Waals surface area contributed by atoms with Gasteiger partial charge in [-0.3, -0.25) is 0 Å². The van der Waals surface area contributed by atoms with E-state index in [1.54, 1.807) is 0 Å². The van der Waals surface area contributed by atoms with Crippen LogP contribution in [0.4, 0.5) is 0 Å². The summed E-state index contributed by atoms with van der Waals surface area (Å²) in [5.41, 5.74) is 0. The Balaban J connectivity index is 2.44. The number of rotatable bonds is 4. The van der Waals surface area contributed by atoms with Crippen molar-refractivity contribution in [2.45, 2.75) is 39.3 Å². The van der Waals surface area contributed by atoms with Crippen LogP contribution in [-0.2, 0) is 0 Å². The minimum atomic E-state index is 0.500. The van der Waals surface area contributed by atoms with Crippen LogP contribution in [0.15, 0.2) is 17.5 Å². The van der Waals surface area contributed by atoms with Gasteiger partial charge in [-0.15, -0.1) is 11.3 Å². The molecule has 2 atom stereocenters. The molecule has 0 aliphatic carbocycles. The number of hydrogen-bond acceptors (Lipinski definition) is 2. The smallest absolute Gasteiger partial charge is 0.0388 e. The van der Waals surface area contributed by atoms with Gasteiger partial charge in [0.1, 0.15) is 0 Å². The second kappa shape index (κ2) is 4.63. The number of hydrogen-bond donors (Lipinski definition) is 1. The molecule has 1 aromatic rings. The molecule has 1 nitrogen and oxygen atoms in total. The zero-order chi connectivity index (χ0) is 8.97. The molecule has 68 valence electrons. The van der Waals surface area contributed by atoms with Crippen molar-refractivity contribution >= 4 is 11.3 Å². The van der Waals surface area contributed by atoms with Gasteiger partial charge in [-0.1, -0.05) is 13.0 Å². The summed E-state index contributed by atoms with van der Waals surface area (Å²) in [6.45, 7) is 6.65. The Labute approximate surface area is 78.8 Å². The maximum atomic E-state index is 3.54. The Hall–Kier alpha value is -0.340. The summed E-state index contributed by atoms with van der Waals surface area (Å²) >= 11 is 1.82. The van der Waals surface area contributed by atoms with Gasteiger partial charge < -0.3 is 5.32 Å². The third kappa shape index (κ3) is 2.61. The van der Waals surface area contributed by atoms with E-state index in [9.17, 15) is 0 Å². The molecule has 0 fully saturated rings. The molecule has 0 aromatic carbocycles. The fourth-order valence-electron chi connectivity index (χ4n) is 1.16.